The molecule has 0 unspecified atom stereocenters. The molecule has 0 aliphatic rings. The smallest absolute Gasteiger partial charge is 0.258 e. The Kier molecular flexibility index (Phi) is 6.24. The highest BCUT2D eigenvalue weighted by atomic mass is 16.5. The lowest BCUT2D eigenvalue weighted by Crippen LogP contribution is -2.31. The molecule has 0 spiro atoms. The van der Waals surface area contributed by atoms with Crippen LogP contribution in [0.1, 0.15) is 43.9 Å². The normalized spacial score (nSPS) is 11.9. The lowest BCUT2D eigenvalue weighted by atomic mass is 10.0. The average Bonchev–Trinajstić information content (AvgIpc) is 2.60. The minimum Gasteiger partial charge on any atom is -0.497 e. The predicted molar refractivity (Wildman–Crippen MR) is 95.6 cm³/mol. The molecule has 0 aliphatic carbocycles. The van der Waals surface area contributed by atoms with Crippen LogP contribution < -0.4 is 14.8 Å². The van der Waals surface area contributed by atoms with E-state index in [-0.39, 0.29) is 18.6 Å². The summed E-state index contributed by atoms with van der Waals surface area (Å²) < 4.78 is 10.7. The highest BCUT2D eigenvalue weighted by Crippen LogP contribution is 2.19. The zero-order chi connectivity index (χ0) is 17.5. The summed E-state index contributed by atoms with van der Waals surface area (Å²) in [5.41, 5.74) is 2.27. The van der Waals surface area contributed by atoms with Gasteiger partial charge >= 0.3 is 0 Å². The number of benzene rings is 2. The third-order valence-electron chi connectivity index (χ3n) is 3.91. The van der Waals surface area contributed by atoms with Crippen LogP contribution in [0.15, 0.2) is 48.5 Å². The van der Waals surface area contributed by atoms with E-state index in [1.54, 1.807) is 7.11 Å². The zero-order valence-electron chi connectivity index (χ0n) is 14.7. The molecule has 1 N–H and O–H groups in total. The van der Waals surface area contributed by atoms with Gasteiger partial charge in [0.15, 0.2) is 6.61 Å². The molecule has 0 fully saturated rings. The number of amides is 1. The van der Waals surface area contributed by atoms with E-state index in [0.717, 1.165) is 11.3 Å². The van der Waals surface area contributed by atoms with E-state index in [0.29, 0.717) is 11.7 Å². The minimum atomic E-state index is -0.147. The number of ether oxygens (including phenoxy) is 2. The van der Waals surface area contributed by atoms with Gasteiger partial charge in [-0.15, -0.1) is 0 Å². The van der Waals surface area contributed by atoms with Gasteiger partial charge in [0.25, 0.3) is 5.91 Å². The standard InChI is InChI=1S/C20H25NO3/c1-14(2)16-5-11-19(12-6-16)24-13-20(22)21-15(3)17-7-9-18(23-4)10-8-17/h5-12,14-15H,13H2,1-4H3,(H,21,22)/t15-/m0/s1. The van der Waals surface area contributed by atoms with Crippen molar-refractivity contribution in [1.29, 1.82) is 0 Å². The number of carbonyl (C=O) groups is 1. The first-order chi connectivity index (χ1) is 11.5. The van der Waals surface area contributed by atoms with Crippen molar-refractivity contribution in [2.75, 3.05) is 13.7 Å². The van der Waals surface area contributed by atoms with Crippen molar-refractivity contribution in [3.05, 3.63) is 59.7 Å². The number of rotatable bonds is 7. The van der Waals surface area contributed by atoms with Crippen LogP contribution in [0.25, 0.3) is 0 Å². The summed E-state index contributed by atoms with van der Waals surface area (Å²) in [5, 5.41) is 2.93. The highest BCUT2D eigenvalue weighted by Gasteiger charge is 2.10. The molecule has 0 bridgehead atoms. The Labute approximate surface area is 143 Å². The van der Waals surface area contributed by atoms with Gasteiger partial charge in [-0.3, -0.25) is 4.79 Å². The quantitative estimate of drug-likeness (QED) is 0.834. The van der Waals surface area contributed by atoms with Crippen LogP contribution in [-0.2, 0) is 4.79 Å². The summed E-state index contributed by atoms with van der Waals surface area (Å²) in [5.74, 6) is 1.83. The van der Waals surface area contributed by atoms with Crippen molar-refractivity contribution < 1.29 is 14.3 Å². The van der Waals surface area contributed by atoms with Crippen LogP contribution in [0.2, 0.25) is 0 Å². The largest absolute Gasteiger partial charge is 0.497 e. The fourth-order valence-corrected chi connectivity index (χ4v) is 2.36. The number of methoxy groups -OCH3 is 1. The molecule has 0 heterocycles. The van der Waals surface area contributed by atoms with Gasteiger partial charge in [-0.05, 0) is 48.2 Å². The third-order valence-corrected chi connectivity index (χ3v) is 3.91. The Morgan fingerprint density at radius 1 is 0.917 bits per heavy atom. The van der Waals surface area contributed by atoms with E-state index in [4.69, 9.17) is 9.47 Å². The van der Waals surface area contributed by atoms with E-state index in [1.165, 1.54) is 5.56 Å². The maximum Gasteiger partial charge on any atom is 0.258 e. The molecule has 2 rings (SSSR count). The Hall–Kier alpha value is -2.49. The van der Waals surface area contributed by atoms with E-state index in [1.807, 2.05) is 55.5 Å². The molecule has 128 valence electrons. The van der Waals surface area contributed by atoms with Crippen LogP contribution in [0.3, 0.4) is 0 Å². The zero-order valence-corrected chi connectivity index (χ0v) is 14.7. The molecular formula is C20H25NO3. The van der Waals surface area contributed by atoms with Crippen molar-refractivity contribution in [3.63, 3.8) is 0 Å². The van der Waals surface area contributed by atoms with Gasteiger partial charge in [-0.1, -0.05) is 38.1 Å². The van der Waals surface area contributed by atoms with Crippen LogP contribution in [0, 0.1) is 0 Å². The van der Waals surface area contributed by atoms with Crippen molar-refractivity contribution in [2.45, 2.75) is 32.7 Å². The van der Waals surface area contributed by atoms with Gasteiger partial charge in [-0.2, -0.15) is 0 Å². The fraction of sp³-hybridized carbons (Fsp3) is 0.350. The van der Waals surface area contributed by atoms with Crippen molar-refractivity contribution in [3.8, 4) is 11.5 Å². The van der Waals surface area contributed by atoms with Crippen LogP contribution >= 0.6 is 0 Å². The second-order valence-electron chi connectivity index (χ2n) is 6.07. The first-order valence-corrected chi connectivity index (χ1v) is 8.15. The number of hydrogen-bond donors (Lipinski definition) is 1. The van der Waals surface area contributed by atoms with E-state index in [9.17, 15) is 4.79 Å². The second kappa shape index (κ2) is 8.39. The fourth-order valence-electron chi connectivity index (χ4n) is 2.36. The minimum absolute atomic E-state index is 0.00151. The van der Waals surface area contributed by atoms with Gasteiger partial charge in [0.2, 0.25) is 0 Å². The molecule has 4 nitrogen and oxygen atoms in total. The Balaban J connectivity index is 1.83. The maximum absolute atomic E-state index is 12.0. The Morgan fingerprint density at radius 2 is 1.46 bits per heavy atom. The number of nitrogens with one attached hydrogen (secondary N) is 1. The summed E-state index contributed by atoms with van der Waals surface area (Å²) in [7, 11) is 1.63. The van der Waals surface area contributed by atoms with Crippen molar-refractivity contribution in [1.82, 2.24) is 5.32 Å². The lowest BCUT2D eigenvalue weighted by Gasteiger charge is -2.15. The van der Waals surface area contributed by atoms with E-state index < -0.39 is 0 Å². The number of hydrogen-bond acceptors (Lipinski definition) is 3. The highest BCUT2D eigenvalue weighted by molar-refractivity contribution is 5.78. The summed E-state index contributed by atoms with van der Waals surface area (Å²) >= 11 is 0. The summed E-state index contributed by atoms with van der Waals surface area (Å²) in [4.78, 5) is 12.0. The molecule has 4 heteroatoms. The van der Waals surface area contributed by atoms with Gasteiger partial charge in [0, 0.05) is 0 Å². The molecule has 0 aliphatic heterocycles. The second-order valence-corrected chi connectivity index (χ2v) is 6.07. The molecule has 1 amide bonds. The average molecular weight is 327 g/mol. The molecule has 1 atom stereocenters. The van der Waals surface area contributed by atoms with E-state index in [2.05, 4.69) is 19.2 Å². The van der Waals surface area contributed by atoms with Crippen molar-refractivity contribution >= 4 is 5.91 Å². The predicted octanol–water partition coefficient (Wildman–Crippen LogP) is 4.07. The Bertz CT molecular complexity index is 648. The summed E-state index contributed by atoms with van der Waals surface area (Å²) in [6.07, 6.45) is 0. The summed E-state index contributed by atoms with van der Waals surface area (Å²) in [6, 6.07) is 15.4. The van der Waals surface area contributed by atoms with Crippen LogP contribution in [0.4, 0.5) is 0 Å². The topological polar surface area (TPSA) is 47.6 Å². The molecule has 0 saturated carbocycles. The molecule has 0 aromatic heterocycles. The van der Waals surface area contributed by atoms with Crippen molar-refractivity contribution in [2.24, 2.45) is 0 Å². The van der Waals surface area contributed by atoms with E-state index >= 15 is 0 Å². The van der Waals surface area contributed by atoms with Gasteiger partial charge in [-0.25, -0.2) is 0 Å². The lowest BCUT2D eigenvalue weighted by molar-refractivity contribution is -0.123. The third kappa shape index (κ3) is 5.01. The van der Waals surface area contributed by atoms with Gasteiger partial charge in [0.1, 0.15) is 11.5 Å². The van der Waals surface area contributed by atoms with Gasteiger partial charge < -0.3 is 14.8 Å². The molecular weight excluding hydrogens is 302 g/mol. The number of carbonyl (C=O) groups excluding carboxylic acids is 1. The molecule has 2 aromatic carbocycles. The maximum atomic E-state index is 12.0. The van der Waals surface area contributed by atoms with Crippen LogP contribution in [0.5, 0.6) is 11.5 Å². The summed E-state index contributed by atoms with van der Waals surface area (Å²) in [6.45, 7) is 6.23. The molecule has 0 radical (unpaired) electrons. The first-order valence-electron chi connectivity index (χ1n) is 8.15. The molecule has 0 saturated heterocycles. The molecule has 2 aromatic rings. The monoisotopic (exact) mass is 327 g/mol. The SMILES string of the molecule is COc1ccc([C@H](C)NC(=O)COc2ccc(C(C)C)cc2)cc1. The first kappa shape index (κ1) is 17.9. The Morgan fingerprint density at radius 3 is 2.00 bits per heavy atom. The van der Waals surface area contributed by atoms with Crippen LogP contribution in [-0.4, -0.2) is 19.6 Å². The van der Waals surface area contributed by atoms with Gasteiger partial charge in [0.05, 0.1) is 13.2 Å². The molecule has 24 heavy (non-hydrogen) atoms.